The van der Waals surface area contributed by atoms with Gasteiger partial charge in [0.05, 0.1) is 33.0 Å². The highest BCUT2D eigenvalue weighted by atomic mass is 16.5. The summed E-state index contributed by atoms with van der Waals surface area (Å²) in [6, 6.07) is 8.84. The van der Waals surface area contributed by atoms with Gasteiger partial charge in [-0.2, -0.15) is 0 Å². The minimum absolute atomic E-state index is 0.234. The van der Waals surface area contributed by atoms with E-state index in [0.29, 0.717) is 16.7 Å². The summed E-state index contributed by atoms with van der Waals surface area (Å²) in [4.78, 5) is 12.5. The number of ether oxygens (including phenoxy) is 2. The van der Waals surface area contributed by atoms with Crippen LogP contribution in [0.5, 0.6) is 11.5 Å². The van der Waals surface area contributed by atoms with Gasteiger partial charge in [-0.05, 0) is 47.9 Å². The van der Waals surface area contributed by atoms with Crippen LogP contribution in [0.15, 0.2) is 36.4 Å². The van der Waals surface area contributed by atoms with Crippen LogP contribution in [-0.4, -0.2) is 30.2 Å². The third-order valence-electron chi connectivity index (χ3n) is 4.00. The molecule has 0 amide bonds. The van der Waals surface area contributed by atoms with Gasteiger partial charge in [-0.3, -0.25) is 4.79 Å². The first-order valence-corrected chi connectivity index (χ1v) is 7.83. The molecule has 2 aromatic rings. The van der Waals surface area contributed by atoms with Crippen LogP contribution in [0, 0.1) is 6.92 Å². The lowest BCUT2D eigenvalue weighted by Crippen LogP contribution is -2.05. The van der Waals surface area contributed by atoms with Gasteiger partial charge in [0.15, 0.2) is 5.78 Å². The molecular weight excluding hydrogens is 320 g/mol. The number of aryl methyl sites for hydroxylation is 1. The van der Waals surface area contributed by atoms with Gasteiger partial charge in [0.25, 0.3) is 0 Å². The average molecular weight is 342 g/mol. The molecule has 0 bridgehead atoms. The molecule has 0 heterocycles. The van der Waals surface area contributed by atoms with E-state index in [1.807, 2.05) is 25.1 Å². The van der Waals surface area contributed by atoms with Gasteiger partial charge in [0, 0.05) is 5.56 Å². The largest absolute Gasteiger partial charge is 0.496 e. The van der Waals surface area contributed by atoms with Crippen molar-refractivity contribution in [1.29, 1.82) is 0 Å². The van der Waals surface area contributed by atoms with Crippen molar-refractivity contribution in [2.45, 2.75) is 20.1 Å². The SMILES string of the molecule is COc1ccc(/C=C/C(=O)c2ccc(CO)c(CO)c2OC)cc1C. The number of carbonyl (C=O) groups excluding carboxylic acids is 1. The van der Waals surface area contributed by atoms with Crippen molar-refractivity contribution in [3.05, 3.63) is 64.2 Å². The van der Waals surface area contributed by atoms with E-state index >= 15 is 0 Å². The topological polar surface area (TPSA) is 76.0 Å². The fourth-order valence-electron chi connectivity index (χ4n) is 2.68. The highest BCUT2D eigenvalue weighted by molar-refractivity contribution is 6.09. The van der Waals surface area contributed by atoms with Gasteiger partial charge in [0.1, 0.15) is 11.5 Å². The van der Waals surface area contributed by atoms with Crippen LogP contribution in [-0.2, 0) is 13.2 Å². The quantitative estimate of drug-likeness (QED) is 0.598. The van der Waals surface area contributed by atoms with Crippen LogP contribution in [0.1, 0.15) is 32.6 Å². The zero-order valence-corrected chi connectivity index (χ0v) is 14.6. The first-order chi connectivity index (χ1) is 12.0. The van der Waals surface area contributed by atoms with E-state index in [0.717, 1.165) is 16.9 Å². The monoisotopic (exact) mass is 342 g/mol. The molecule has 0 spiro atoms. The fourth-order valence-corrected chi connectivity index (χ4v) is 2.68. The van der Waals surface area contributed by atoms with E-state index in [1.165, 1.54) is 13.2 Å². The van der Waals surface area contributed by atoms with Gasteiger partial charge >= 0.3 is 0 Å². The van der Waals surface area contributed by atoms with Gasteiger partial charge in [-0.1, -0.05) is 18.2 Å². The molecule has 0 saturated heterocycles. The minimum Gasteiger partial charge on any atom is -0.496 e. The number of rotatable bonds is 7. The molecule has 0 aliphatic heterocycles. The first-order valence-electron chi connectivity index (χ1n) is 7.83. The average Bonchev–Trinajstić information content (AvgIpc) is 2.64. The molecular formula is C20H22O5. The second-order valence-electron chi connectivity index (χ2n) is 5.53. The van der Waals surface area contributed by atoms with Crippen LogP contribution in [0.4, 0.5) is 0 Å². The van der Waals surface area contributed by atoms with Crippen molar-refractivity contribution in [3.8, 4) is 11.5 Å². The normalized spacial score (nSPS) is 10.9. The maximum Gasteiger partial charge on any atom is 0.189 e. The van der Waals surface area contributed by atoms with Crippen LogP contribution in [0.3, 0.4) is 0 Å². The summed E-state index contributed by atoms with van der Waals surface area (Å²) in [5, 5.41) is 18.9. The molecule has 0 radical (unpaired) electrons. The van der Waals surface area contributed by atoms with Crippen molar-refractivity contribution in [2.75, 3.05) is 14.2 Å². The Morgan fingerprint density at radius 2 is 1.84 bits per heavy atom. The first kappa shape index (κ1) is 18.7. The Balaban J connectivity index is 2.33. The number of methoxy groups -OCH3 is 2. The molecule has 0 aliphatic carbocycles. The number of ketones is 1. The third kappa shape index (κ3) is 4.07. The Bertz CT molecular complexity index is 793. The molecule has 0 saturated carbocycles. The number of benzene rings is 2. The summed E-state index contributed by atoms with van der Waals surface area (Å²) in [5.74, 6) is 0.830. The Morgan fingerprint density at radius 3 is 2.40 bits per heavy atom. The predicted octanol–water partition coefficient (Wildman–Crippen LogP) is 2.89. The number of aliphatic hydroxyl groups excluding tert-OH is 2. The smallest absolute Gasteiger partial charge is 0.189 e. The van der Waals surface area contributed by atoms with Crippen molar-refractivity contribution in [3.63, 3.8) is 0 Å². The molecule has 2 N–H and O–H groups in total. The lowest BCUT2D eigenvalue weighted by molar-refractivity contribution is 0.104. The Labute approximate surface area is 147 Å². The molecule has 2 rings (SSSR count). The van der Waals surface area contributed by atoms with Crippen LogP contribution >= 0.6 is 0 Å². The summed E-state index contributed by atoms with van der Waals surface area (Å²) in [6.07, 6.45) is 3.17. The van der Waals surface area contributed by atoms with Gasteiger partial charge in [0.2, 0.25) is 0 Å². The highest BCUT2D eigenvalue weighted by Gasteiger charge is 2.16. The molecule has 0 unspecified atom stereocenters. The van der Waals surface area contributed by atoms with Gasteiger partial charge < -0.3 is 19.7 Å². The highest BCUT2D eigenvalue weighted by Crippen LogP contribution is 2.28. The maximum atomic E-state index is 12.5. The van der Waals surface area contributed by atoms with Gasteiger partial charge in [-0.15, -0.1) is 0 Å². The fraction of sp³-hybridized carbons (Fsp3) is 0.250. The zero-order valence-electron chi connectivity index (χ0n) is 14.6. The summed E-state index contributed by atoms with van der Waals surface area (Å²) in [7, 11) is 3.05. The second kappa shape index (κ2) is 8.46. The third-order valence-corrected chi connectivity index (χ3v) is 4.00. The van der Waals surface area contributed by atoms with E-state index < -0.39 is 0 Å². The molecule has 0 aliphatic rings. The number of allylic oxidation sites excluding steroid dienone is 1. The Kier molecular flexibility index (Phi) is 6.33. The molecule has 0 aromatic heterocycles. The summed E-state index contributed by atoms with van der Waals surface area (Å²) in [6.45, 7) is 1.38. The zero-order chi connectivity index (χ0) is 18.4. The number of hydrogen-bond donors (Lipinski definition) is 2. The number of hydrogen-bond acceptors (Lipinski definition) is 5. The molecule has 5 nitrogen and oxygen atoms in total. The standard InChI is InChI=1S/C20H22O5/c1-13-10-14(5-9-19(13)24-2)4-8-18(23)16-7-6-15(11-21)17(12-22)20(16)25-3/h4-10,21-22H,11-12H2,1-3H3/b8-4+. The molecule has 2 aromatic carbocycles. The Hall–Kier alpha value is -2.63. The van der Waals surface area contributed by atoms with Crippen molar-refractivity contribution < 1.29 is 24.5 Å². The van der Waals surface area contributed by atoms with Crippen molar-refractivity contribution >= 4 is 11.9 Å². The van der Waals surface area contributed by atoms with Crippen molar-refractivity contribution in [2.24, 2.45) is 0 Å². The summed E-state index contributed by atoms with van der Waals surface area (Å²) in [5.41, 5.74) is 3.14. The van der Waals surface area contributed by atoms with Crippen LogP contribution < -0.4 is 9.47 Å². The summed E-state index contributed by atoms with van der Waals surface area (Å²) >= 11 is 0. The lowest BCUT2D eigenvalue weighted by Gasteiger charge is -2.14. The second-order valence-corrected chi connectivity index (χ2v) is 5.53. The predicted molar refractivity (Wildman–Crippen MR) is 95.9 cm³/mol. The molecule has 0 atom stereocenters. The van der Waals surface area contributed by atoms with Crippen LogP contribution in [0.2, 0.25) is 0 Å². The van der Waals surface area contributed by atoms with E-state index in [1.54, 1.807) is 25.3 Å². The molecule has 0 fully saturated rings. The van der Waals surface area contributed by atoms with E-state index in [9.17, 15) is 15.0 Å². The number of carbonyl (C=O) groups is 1. The molecule has 5 heteroatoms. The Morgan fingerprint density at radius 1 is 1.08 bits per heavy atom. The molecule has 25 heavy (non-hydrogen) atoms. The van der Waals surface area contributed by atoms with E-state index in [2.05, 4.69) is 0 Å². The molecule has 132 valence electrons. The summed E-state index contributed by atoms with van der Waals surface area (Å²) < 4.78 is 10.5. The van der Waals surface area contributed by atoms with E-state index in [4.69, 9.17) is 9.47 Å². The van der Waals surface area contributed by atoms with Gasteiger partial charge in [-0.25, -0.2) is 0 Å². The maximum absolute atomic E-state index is 12.5. The van der Waals surface area contributed by atoms with Crippen LogP contribution in [0.25, 0.3) is 6.08 Å². The lowest BCUT2D eigenvalue weighted by atomic mass is 9.99. The number of aliphatic hydroxyl groups is 2. The van der Waals surface area contributed by atoms with Crippen molar-refractivity contribution in [1.82, 2.24) is 0 Å². The minimum atomic E-state index is -0.318. The van der Waals surface area contributed by atoms with E-state index in [-0.39, 0.29) is 24.7 Å².